The van der Waals surface area contributed by atoms with Crippen molar-refractivity contribution in [2.45, 2.75) is 37.6 Å². The van der Waals surface area contributed by atoms with E-state index in [1.54, 1.807) is 28.9 Å². The average Bonchev–Trinajstić information content (AvgIpc) is 3.19. The normalized spacial score (nSPS) is 12.1. The molecule has 0 aliphatic rings. The number of hydrogen-bond donors (Lipinski definition) is 1. The summed E-state index contributed by atoms with van der Waals surface area (Å²) in [7, 11) is -4.00. The lowest BCUT2D eigenvalue weighted by molar-refractivity contribution is 0.0971. The second-order valence-corrected chi connectivity index (χ2v) is 10.4. The molecule has 0 fully saturated rings. The van der Waals surface area contributed by atoms with Crippen molar-refractivity contribution in [2.75, 3.05) is 0 Å². The highest BCUT2D eigenvalue weighted by Gasteiger charge is 2.26. The molecule has 164 valence electrons. The van der Waals surface area contributed by atoms with Gasteiger partial charge in [-0.25, -0.2) is 13.1 Å². The summed E-state index contributed by atoms with van der Waals surface area (Å²) in [6.07, 6.45) is 0. The van der Waals surface area contributed by atoms with E-state index < -0.39 is 15.9 Å². The van der Waals surface area contributed by atoms with Crippen molar-refractivity contribution < 1.29 is 13.2 Å². The second-order valence-electron chi connectivity index (χ2n) is 8.71. The topological polar surface area (TPSA) is 81.1 Å². The predicted octanol–water partition coefficient (Wildman–Crippen LogP) is 4.50. The minimum Gasteiger partial charge on any atom is -0.266 e. The molecular weight excluding hydrogens is 422 g/mol. The number of fused-ring (bicyclic) bond motifs is 1. The summed E-state index contributed by atoms with van der Waals surface area (Å²) in [6, 6.07) is 23.5. The van der Waals surface area contributed by atoms with E-state index in [2.05, 4.69) is 9.82 Å². The first-order chi connectivity index (χ1) is 15.1. The van der Waals surface area contributed by atoms with Crippen LogP contribution in [0.25, 0.3) is 10.8 Å². The van der Waals surface area contributed by atoms with Gasteiger partial charge in [-0.1, -0.05) is 81.4 Å². The van der Waals surface area contributed by atoms with Crippen LogP contribution < -0.4 is 4.72 Å². The Morgan fingerprint density at radius 3 is 2.31 bits per heavy atom. The van der Waals surface area contributed by atoms with Crippen LogP contribution in [-0.2, 0) is 22.0 Å². The Balaban J connectivity index is 1.73. The van der Waals surface area contributed by atoms with Crippen LogP contribution in [0.1, 0.15) is 42.5 Å². The van der Waals surface area contributed by atoms with Crippen molar-refractivity contribution in [3.63, 3.8) is 0 Å². The van der Waals surface area contributed by atoms with Crippen molar-refractivity contribution in [1.82, 2.24) is 14.5 Å². The summed E-state index contributed by atoms with van der Waals surface area (Å²) in [4.78, 5) is 13.1. The maximum Gasteiger partial charge on any atom is 0.283 e. The van der Waals surface area contributed by atoms with E-state index in [9.17, 15) is 13.2 Å². The van der Waals surface area contributed by atoms with Crippen LogP contribution in [0.15, 0.2) is 83.8 Å². The molecule has 3 aromatic carbocycles. The Morgan fingerprint density at radius 2 is 1.59 bits per heavy atom. The van der Waals surface area contributed by atoms with Crippen LogP contribution in [0.5, 0.6) is 0 Å². The highest BCUT2D eigenvalue weighted by Crippen LogP contribution is 2.24. The van der Waals surface area contributed by atoms with Crippen molar-refractivity contribution in [3.05, 3.63) is 95.8 Å². The van der Waals surface area contributed by atoms with E-state index >= 15 is 0 Å². The van der Waals surface area contributed by atoms with Gasteiger partial charge in [0.2, 0.25) is 0 Å². The van der Waals surface area contributed by atoms with Crippen molar-refractivity contribution in [1.29, 1.82) is 0 Å². The fourth-order valence-corrected chi connectivity index (χ4v) is 4.49. The number of nitrogens with zero attached hydrogens (tertiary/aromatic N) is 2. The van der Waals surface area contributed by atoms with E-state index in [-0.39, 0.29) is 16.0 Å². The third kappa shape index (κ3) is 4.43. The van der Waals surface area contributed by atoms with Gasteiger partial charge in [0.15, 0.2) is 0 Å². The lowest BCUT2D eigenvalue weighted by atomic mass is 9.92. The fourth-order valence-electron chi connectivity index (χ4n) is 3.51. The molecule has 0 aliphatic carbocycles. The van der Waals surface area contributed by atoms with E-state index in [0.717, 1.165) is 16.3 Å². The standard InChI is InChI=1S/C25H25N3O3S/c1-25(2,3)23-16-22(24(29)27-32(30,31)20-13-5-4-6-14-20)28(26-23)17-19-12-9-11-18-10-7-8-15-21(18)19/h4-16H,17H2,1-3H3,(H,27,29). The van der Waals surface area contributed by atoms with Crippen LogP contribution in [0.3, 0.4) is 0 Å². The Morgan fingerprint density at radius 1 is 0.938 bits per heavy atom. The molecule has 0 spiro atoms. The van der Waals surface area contributed by atoms with Gasteiger partial charge in [0.25, 0.3) is 15.9 Å². The monoisotopic (exact) mass is 447 g/mol. The maximum absolute atomic E-state index is 13.1. The Kier molecular flexibility index (Phi) is 5.60. The van der Waals surface area contributed by atoms with Gasteiger partial charge in [-0.3, -0.25) is 9.48 Å². The maximum atomic E-state index is 13.1. The van der Waals surface area contributed by atoms with Crippen LogP contribution in [-0.4, -0.2) is 24.1 Å². The molecule has 1 amide bonds. The third-order valence-electron chi connectivity index (χ3n) is 5.26. The fraction of sp³-hybridized carbons (Fsp3) is 0.200. The molecule has 1 heterocycles. The zero-order valence-electron chi connectivity index (χ0n) is 18.2. The molecule has 0 saturated heterocycles. The molecule has 0 atom stereocenters. The van der Waals surface area contributed by atoms with Crippen molar-refractivity contribution in [3.8, 4) is 0 Å². The summed E-state index contributed by atoms with van der Waals surface area (Å²) >= 11 is 0. The van der Waals surface area contributed by atoms with Crippen LogP contribution >= 0.6 is 0 Å². The van der Waals surface area contributed by atoms with E-state index in [1.807, 2.05) is 63.2 Å². The molecule has 0 radical (unpaired) electrons. The van der Waals surface area contributed by atoms with Crippen LogP contribution in [0, 0.1) is 0 Å². The zero-order chi connectivity index (χ0) is 22.9. The number of sulfonamides is 1. The average molecular weight is 448 g/mol. The number of aromatic nitrogens is 2. The molecule has 0 saturated carbocycles. The molecule has 4 rings (SSSR count). The van der Waals surface area contributed by atoms with Gasteiger partial charge in [0.05, 0.1) is 17.1 Å². The summed E-state index contributed by atoms with van der Waals surface area (Å²) < 4.78 is 29.2. The third-order valence-corrected chi connectivity index (χ3v) is 6.61. The number of rotatable bonds is 5. The molecule has 6 nitrogen and oxygen atoms in total. The van der Waals surface area contributed by atoms with Crippen LogP contribution in [0.2, 0.25) is 0 Å². The molecule has 32 heavy (non-hydrogen) atoms. The first kappa shape index (κ1) is 21.8. The quantitative estimate of drug-likeness (QED) is 0.488. The molecule has 0 bridgehead atoms. The Labute approximate surface area is 187 Å². The van der Waals surface area contributed by atoms with Gasteiger partial charge in [-0.05, 0) is 34.5 Å². The largest absolute Gasteiger partial charge is 0.283 e. The van der Waals surface area contributed by atoms with Crippen molar-refractivity contribution in [2.24, 2.45) is 0 Å². The Hall–Kier alpha value is -3.45. The molecule has 7 heteroatoms. The highest BCUT2D eigenvalue weighted by molar-refractivity contribution is 7.90. The summed E-state index contributed by atoms with van der Waals surface area (Å²) in [5.74, 6) is -0.711. The highest BCUT2D eigenvalue weighted by atomic mass is 32.2. The molecular formula is C25H25N3O3S. The number of benzene rings is 3. The molecule has 0 unspecified atom stereocenters. The van der Waals surface area contributed by atoms with E-state index in [0.29, 0.717) is 12.2 Å². The summed E-state index contributed by atoms with van der Waals surface area (Å²) in [6.45, 7) is 6.34. The minimum atomic E-state index is -4.00. The zero-order valence-corrected chi connectivity index (χ0v) is 19.1. The van der Waals surface area contributed by atoms with Crippen LogP contribution in [0.4, 0.5) is 0 Å². The predicted molar refractivity (Wildman–Crippen MR) is 125 cm³/mol. The van der Waals surface area contributed by atoms with Gasteiger partial charge < -0.3 is 0 Å². The van der Waals surface area contributed by atoms with Gasteiger partial charge in [0, 0.05) is 5.41 Å². The lowest BCUT2D eigenvalue weighted by Gasteiger charge is -2.14. The molecule has 1 aromatic heterocycles. The number of hydrogen-bond acceptors (Lipinski definition) is 4. The number of nitrogens with one attached hydrogen (secondary N) is 1. The SMILES string of the molecule is CC(C)(C)c1cc(C(=O)NS(=O)(=O)c2ccccc2)n(Cc2cccc3ccccc23)n1. The smallest absolute Gasteiger partial charge is 0.266 e. The van der Waals surface area contributed by atoms with E-state index in [1.165, 1.54) is 12.1 Å². The number of carbonyl (C=O) groups excluding carboxylic acids is 1. The van der Waals surface area contributed by atoms with Gasteiger partial charge >= 0.3 is 0 Å². The van der Waals surface area contributed by atoms with Gasteiger partial charge in [0.1, 0.15) is 5.69 Å². The minimum absolute atomic E-state index is 0.0320. The lowest BCUT2D eigenvalue weighted by Crippen LogP contribution is -2.32. The first-order valence-electron chi connectivity index (χ1n) is 10.3. The molecule has 0 aliphatic heterocycles. The second kappa shape index (κ2) is 8.24. The number of amides is 1. The van der Waals surface area contributed by atoms with Gasteiger partial charge in [-0.15, -0.1) is 0 Å². The summed E-state index contributed by atoms with van der Waals surface area (Å²) in [5.41, 5.74) is 1.59. The first-order valence-corrected chi connectivity index (χ1v) is 11.8. The molecule has 1 N–H and O–H groups in total. The van der Waals surface area contributed by atoms with E-state index in [4.69, 9.17) is 0 Å². The Bertz CT molecular complexity index is 1380. The van der Waals surface area contributed by atoms with Gasteiger partial charge in [-0.2, -0.15) is 5.10 Å². The van der Waals surface area contributed by atoms with Crippen molar-refractivity contribution >= 4 is 26.7 Å². The molecule has 4 aromatic rings. The number of carbonyl (C=O) groups is 1. The summed E-state index contributed by atoms with van der Waals surface area (Å²) in [5, 5.41) is 6.82.